The summed E-state index contributed by atoms with van der Waals surface area (Å²) >= 11 is 4.77. The summed E-state index contributed by atoms with van der Waals surface area (Å²) in [4.78, 5) is 31.0. The number of hydrogen-bond donors (Lipinski definition) is 0. The standard InChI is InChI=1S/C17H16BrN3O3S/c1-20(7-8-24-13-4-2-12(18)3-5-13)15(22)10-21-11-19-16-14(17(21)23)6-9-25-16/h2-6,9,11H,7-8,10H2,1H3. The predicted octanol–water partition coefficient (Wildman–Crippen LogP) is 2.76. The van der Waals surface area contributed by atoms with Crippen LogP contribution in [-0.4, -0.2) is 40.6 Å². The molecule has 0 aliphatic rings. The fourth-order valence-corrected chi connectivity index (χ4v) is 3.22. The molecule has 0 aliphatic carbocycles. The van der Waals surface area contributed by atoms with Crippen LogP contribution in [0.4, 0.5) is 0 Å². The van der Waals surface area contributed by atoms with Gasteiger partial charge < -0.3 is 9.64 Å². The molecule has 0 atom stereocenters. The highest BCUT2D eigenvalue weighted by atomic mass is 79.9. The number of carbonyl (C=O) groups is 1. The molecule has 6 nitrogen and oxygen atoms in total. The summed E-state index contributed by atoms with van der Waals surface area (Å²) in [6.07, 6.45) is 1.42. The molecule has 1 amide bonds. The molecular weight excluding hydrogens is 406 g/mol. The second-order valence-corrected chi connectivity index (χ2v) is 7.24. The smallest absolute Gasteiger partial charge is 0.262 e. The summed E-state index contributed by atoms with van der Waals surface area (Å²) in [7, 11) is 1.69. The first-order valence-electron chi connectivity index (χ1n) is 7.59. The van der Waals surface area contributed by atoms with Gasteiger partial charge in [0.15, 0.2) is 0 Å². The van der Waals surface area contributed by atoms with Crippen molar-refractivity contribution in [1.82, 2.24) is 14.5 Å². The Balaban J connectivity index is 1.55. The van der Waals surface area contributed by atoms with E-state index in [2.05, 4.69) is 20.9 Å². The molecular formula is C17H16BrN3O3S. The first-order chi connectivity index (χ1) is 12.0. The van der Waals surface area contributed by atoms with Gasteiger partial charge in [0.25, 0.3) is 5.56 Å². The van der Waals surface area contributed by atoms with Gasteiger partial charge in [0, 0.05) is 11.5 Å². The zero-order valence-corrected chi connectivity index (χ0v) is 15.9. The molecule has 0 bridgehead atoms. The Bertz CT molecular complexity index is 936. The summed E-state index contributed by atoms with van der Waals surface area (Å²) in [5.41, 5.74) is -0.195. The number of benzene rings is 1. The number of thiophene rings is 1. The van der Waals surface area contributed by atoms with Crippen molar-refractivity contribution in [3.8, 4) is 5.75 Å². The lowest BCUT2D eigenvalue weighted by Gasteiger charge is -2.18. The van der Waals surface area contributed by atoms with Crippen molar-refractivity contribution in [2.45, 2.75) is 6.54 Å². The van der Waals surface area contributed by atoms with Crippen LogP contribution in [0.5, 0.6) is 5.75 Å². The van der Waals surface area contributed by atoms with E-state index >= 15 is 0 Å². The highest BCUT2D eigenvalue weighted by molar-refractivity contribution is 9.10. The largest absolute Gasteiger partial charge is 0.492 e. The van der Waals surface area contributed by atoms with Crippen molar-refractivity contribution < 1.29 is 9.53 Å². The lowest BCUT2D eigenvalue weighted by molar-refractivity contribution is -0.130. The number of amides is 1. The van der Waals surface area contributed by atoms with Gasteiger partial charge in [-0.3, -0.25) is 14.2 Å². The number of nitrogens with zero attached hydrogens (tertiary/aromatic N) is 3. The van der Waals surface area contributed by atoms with Crippen molar-refractivity contribution in [2.75, 3.05) is 20.2 Å². The fraction of sp³-hybridized carbons (Fsp3) is 0.235. The molecule has 0 saturated carbocycles. The molecule has 1 aromatic carbocycles. The second kappa shape index (κ2) is 7.79. The maximum Gasteiger partial charge on any atom is 0.262 e. The first kappa shape index (κ1) is 17.6. The van der Waals surface area contributed by atoms with Crippen LogP contribution in [0.3, 0.4) is 0 Å². The van der Waals surface area contributed by atoms with E-state index < -0.39 is 0 Å². The van der Waals surface area contributed by atoms with Gasteiger partial charge in [-0.2, -0.15) is 0 Å². The van der Waals surface area contributed by atoms with E-state index in [9.17, 15) is 9.59 Å². The average Bonchev–Trinajstić information content (AvgIpc) is 3.08. The maximum atomic E-state index is 12.3. The van der Waals surface area contributed by atoms with Gasteiger partial charge in [-0.1, -0.05) is 15.9 Å². The van der Waals surface area contributed by atoms with E-state index in [1.165, 1.54) is 22.2 Å². The van der Waals surface area contributed by atoms with Gasteiger partial charge in [0.05, 0.1) is 18.3 Å². The zero-order chi connectivity index (χ0) is 17.8. The fourth-order valence-electron chi connectivity index (χ4n) is 2.23. The van der Waals surface area contributed by atoms with Gasteiger partial charge in [-0.25, -0.2) is 4.98 Å². The molecule has 0 aliphatic heterocycles. The van der Waals surface area contributed by atoms with Crippen LogP contribution >= 0.6 is 27.3 Å². The van der Waals surface area contributed by atoms with Crippen molar-refractivity contribution in [1.29, 1.82) is 0 Å². The zero-order valence-electron chi connectivity index (χ0n) is 13.5. The molecule has 3 aromatic rings. The third kappa shape index (κ3) is 4.26. The molecule has 0 N–H and O–H groups in total. The summed E-state index contributed by atoms with van der Waals surface area (Å²) in [6, 6.07) is 9.22. The van der Waals surface area contributed by atoms with Crippen LogP contribution < -0.4 is 10.3 Å². The molecule has 2 aromatic heterocycles. The van der Waals surface area contributed by atoms with E-state index in [0.717, 1.165) is 10.2 Å². The second-order valence-electron chi connectivity index (χ2n) is 5.43. The van der Waals surface area contributed by atoms with Crippen LogP contribution in [0.2, 0.25) is 0 Å². The monoisotopic (exact) mass is 421 g/mol. The van der Waals surface area contributed by atoms with Crippen LogP contribution in [0.1, 0.15) is 0 Å². The minimum absolute atomic E-state index is 0.0353. The summed E-state index contributed by atoms with van der Waals surface area (Å²) in [6.45, 7) is 0.769. The Morgan fingerprint density at radius 2 is 2.08 bits per heavy atom. The Labute approximate surface area is 156 Å². The molecule has 0 radical (unpaired) electrons. The van der Waals surface area contributed by atoms with E-state index in [1.54, 1.807) is 18.0 Å². The molecule has 2 heterocycles. The SMILES string of the molecule is CN(CCOc1ccc(Br)cc1)C(=O)Cn1cnc2sccc2c1=O. The number of ether oxygens (including phenoxy) is 1. The van der Waals surface area contributed by atoms with E-state index in [-0.39, 0.29) is 18.0 Å². The molecule has 0 unspecified atom stereocenters. The van der Waals surface area contributed by atoms with Crippen LogP contribution in [0, 0.1) is 0 Å². The topological polar surface area (TPSA) is 64.4 Å². The summed E-state index contributed by atoms with van der Waals surface area (Å²) in [5, 5.41) is 2.36. The predicted molar refractivity (Wildman–Crippen MR) is 101 cm³/mol. The third-order valence-electron chi connectivity index (χ3n) is 3.69. The highest BCUT2D eigenvalue weighted by Crippen LogP contribution is 2.16. The lowest BCUT2D eigenvalue weighted by Crippen LogP contribution is -2.36. The minimum atomic E-state index is -0.195. The Hall–Kier alpha value is -2.19. The van der Waals surface area contributed by atoms with E-state index in [1.807, 2.05) is 29.6 Å². The molecule has 0 fully saturated rings. The lowest BCUT2D eigenvalue weighted by atomic mass is 10.3. The molecule has 25 heavy (non-hydrogen) atoms. The van der Waals surface area contributed by atoms with Crippen molar-refractivity contribution in [3.05, 3.63) is 56.9 Å². The molecule has 0 spiro atoms. The number of carbonyl (C=O) groups excluding carboxylic acids is 1. The highest BCUT2D eigenvalue weighted by Gasteiger charge is 2.12. The number of fused-ring (bicyclic) bond motifs is 1. The number of halogens is 1. The maximum absolute atomic E-state index is 12.3. The number of likely N-dealkylation sites (N-methyl/N-ethyl adjacent to an activating group) is 1. The first-order valence-corrected chi connectivity index (χ1v) is 9.27. The van der Waals surface area contributed by atoms with E-state index in [4.69, 9.17) is 4.74 Å². The Morgan fingerprint density at radius 1 is 1.32 bits per heavy atom. The average molecular weight is 422 g/mol. The van der Waals surface area contributed by atoms with Gasteiger partial charge >= 0.3 is 0 Å². The summed E-state index contributed by atoms with van der Waals surface area (Å²) in [5.74, 6) is 0.574. The van der Waals surface area contributed by atoms with E-state index in [0.29, 0.717) is 23.4 Å². The molecule has 3 rings (SSSR count). The number of rotatable bonds is 6. The Kier molecular flexibility index (Phi) is 5.50. The quantitative estimate of drug-likeness (QED) is 0.613. The third-order valence-corrected chi connectivity index (χ3v) is 5.04. The van der Waals surface area contributed by atoms with Crippen LogP contribution in [-0.2, 0) is 11.3 Å². The Morgan fingerprint density at radius 3 is 2.84 bits per heavy atom. The van der Waals surface area contributed by atoms with Gasteiger partial charge in [0.2, 0.25) is 5.91 Å². The van der Waals surface area contributed by atoms with Crippen molar-refractivity contribution in [2.24, 2.45) is 0 Å². The van der Waals surface area contributed by atoms with Crippen molar-refractivity contribution >= 4 is 43.4 Å². The molecule has 8 heteroatoms. The van der Waals surface area contributed by atoms with Gasteiger partial charge in [0.1, 0.15) is 23.7 Å². The van der Waals surface area contributed by atoms with Crippen molar-refractivity contribution in [3.63, 3.8) is 0 Å². The number of aromatic nitrogens is 2. The van der Waals surface area contributed by atoms with Gasteiger partial charge in [-0.15, -0.1) is 11.3 Å². The summed E-state index contributed by atoms with van der Waals surface area (Å²) < 4.78 is 7.93. The normalized spacial score (nSPS) is 10.8. The van der Waals surface area contributed by atoms with Gasteiger partial charge in [-0.05, 0) is 35.7 Å². The minimum Gasteiger partial charge on any atom is -0.492 e. The number of hydrogen-bond acceptors (Lipinski definition) is 5. The van der Waals surface area contributed by atoms with Crippen LogP contribution in [0.25, 0.3) is 10.2 Å². The van der Waals surface area contributed by atoms with Crippen LogP contribution in [0.15, 0.2) is 51.3 Å². The molecule has 130 valence electrons. The molecule has 0 saturated heterocycles.